The number of nitrogens with zero attached hydrogens (tertiary/aromatic N) is 4. The van der Waals surface area contributed by atoms with Crippen molar-refractivity contribution in [2.24, 2.45) is 0 Å². The highest BCUT2D eigenvalue weighted by molar-refractivity contribution is 5.30. The molecule has 1 aliphatic heterocycles. The Labute approximate surface area is 115 Å². The third-order valence-corrected chi connectivity index (χ3v) is 3.13. The van der Waals surface area contributed by atoms with Crippen molar-refractivity contribution in [1.82, 2.24) is 20.2 Å². The fraction of sp³-hybridized carbons (Fsp3) is 0.667. The minimum atomic E-state index is -4.13. The number of piperazine rings is 1. The molecular formula is C12H18F3N5. The third-order valence-electron chi connectivity index (χ3n) is 3.13. The summed E-state index contributed by atoms with van der Waals surface area (Å²) in [4.78, 5) is 11.8. The van der Waals surface area contributed by atoms with Crippen molar-refractivity contribution in [2.75, 3.05) is 44.7 Å². The van der Waals surface area contributed by atoms with Gasteiger partial charge in [0, 0.05) is 50.7 Å². The van der Waals surface area contributed by atoms with E-state index in [1.54, 1.807) is 12.4 Å². The molecule has 2 rings (SSSR count). The molecule has 1 N–H and O–H groups in total. The van der Waals surface area contributed by atoms with Crippen molar-refractivity contribution < 1.29 is 13.2 Å². The first-order valence-electron chi connectivity index (χ1n) is 6.47. The minimum Gasteiger partial charge on any atom is -0.338 e. The topological polar surface area (TPSA) is 44.3 Å². The molecule has 8 heteroatoms. The number of anilines is 1. The Hall–Kier alpha value is -1.41. The summed E-state index contributed by atoms with van der Waals surface area (Å²) in [5, 5.41) is 3.00. The molecule has 1 aromatic heterocycles. The lowest BCUT2D eigenvalue weighted by atomic mass is 10.3. The van der Waals surface area contributed by atoms with Crippen LogP contribution in [-0.2, 0) is 6.54 Å². The Balaban J connectivity index is 1.87. The monoisotopic (exact) mass is 289 g/mol. The summed E-state index contributed by atoms with van der Waals surface area (Å²) >= 11 is 0. The molecule has 5 nitrogen and oxygen atoms in total. The maximum absolute atomic E-state index is 12.3. The molecule has 0 atom stereocenters. The molecule has 0 saturated carbocycles. The van der Waals surface area contributed by atoms with Crippen LogP contribution in [0.3, 0.4) is 0 Å². The summed E-state index contributed by atoms with van der Waals surface area (Å²) in [5.41, 5.74) is 0.979. The van der Waals surface area contributed by atoms with E-state index in [4.69, 9.17) is 0 Å². The van der Waals surface area contributed by atoms with Gasteiger partial charge in [-0.05, 0) is 7.05 Å². The Morgan fingerprint density at radius 2 is 1.75 bits per heavy atom. The number of halogens is 3. The molecule has 0 aromatic carbocycles. The maximum atomic E-state index is 12.3. The second-order valence-corrected chi connectivity index (χ2v) is 4.80. The van der Waals surface area contributed by atoms with E-state index in [0.717, 1.165) is 5.56 Å². The largest absolute Gasteiger partial charge is 0.401 e. The van der Waals surface area contributed by atoms with E-state index in [2.05, 4.69) is 15.3 Å². The van der Waals surface area contributed by atoms with Crippen molar-refractivity contribution in [3.8, 4) is 0 Å². The zero-order valence-corrected chi connectivity index (χ0v) is 11.3. The van der Waals surface area contributed by atoms with Gasteiger partial charge in [0.05, 0.1) is 6.54 Å². The van der Waals surface area contributed by atoms with Crippen LogP contribution in [0.15, 0.2) is 12.4 Å². The molecular weight excluding hydrogens is 271 g/mol. The van der Waals surface area contributed by atoms with Gasteiger partial charge in [0.25, 0.3) is 0 Å². The first kappa shape index (κ1) is 15.0. The molecule has 1 aliphatic rings. The molecule has 0 unspecified atom stereocenters. The summed E-state index contributed by atoms with van der Waals surface area (Å²) in [6.45, 7) is 1.63. The second-order valence-electron chi connectivity index (χ2n) is 4.80. The van der Waals surface area contributed by atoms with E-state index in [1.165, 1.54) is 4.90 Å². The summed E-state index contributed by atoms with van der Waals surface area (Å²) in [6.07, 6.45) is -0.657. The average molecular weight is 289 g/mol. The van der Waals surface area contributed by atoms with Crippen molar-refractivity contribution >= 4 is 5.95 Å². The van der Waals surface area contributed by atoms with Gasteiger partial charge in [0.15, 0.2) is 0 Å². The number of rotatable bonds is 4. The summed E-state index contributed by atoms with van der Waals surface area (Å²) in [5.74, 6) is 0.580. The van der Waals surface area contributed by atoms with Gasteiger partial charge < -0.3 is 10.2 Å². The number of aromatic nitrogens is 2. The normalized spacial score (nSPS) is 17.5. The fourth-order valence-electron chi connectivity index (χ4n) is 2.17. The number of alkyl halides is 3. The molecule has 1 saturated heterocycles. The molecule has 0 radical (unpaired) electrons. The highest BCUT2D eigenvalue weighted by Gasteiger charge is 2.32. The number of nitrogens with one attached hydrogen (secondary N) is 1. The van der Waals surface area contributed by atoms with Crippen LogP contribution in [0.5, 0.6) is 0 Å². The lowest BCUT2D eigenvalue weighted by molar-refractivity contribution is -0.146. The van der Waals surface area contributed by atoms with E-state index in [-0.39, 0.29) is 0 Å². The standard InChI is InChI=1S/C12H18F3N5/c1-16-6-10-7-17-11(18-8-10)20-4-2-19(3-5-20)9-12(13,14)15/h7-8,16H,2-6,9H2,1H3. The van der Waals surface area contributed by atoms with Crippen LogP contribution in [0.25, 0.3) is 0 Å². The predicted molar refractivity (Wildman–Crippen MR) is 69.5 cm³/mol. The van der Waals surface area contributed by atoms with Gasteiger partial charge in [0.2, 0.25) is 5.95 Å². The van der Waals surface area contributed by atoms with Gasteiger partial charge in [-0.25, -0.2) is 9.97 Å². The maximum Gasteiger partial charge on any atom is 0.401 e. The Bertz CT molecular complexity index is 412. The van der Waals surface area contributed by atoms with Gasteiger partial charge in [-0.1, -0.05) is 0 Å². The van der Waals surface area contributed by atoms with Gasteiger partial charge >= 0.3 is 6.18 Å². The zero-order valence-electron chi connectivity index (χ0n) is 11.3. The van der Waals surface area contributed by atoms with Gasteiger partial charge in [-0.15, -0.1) is 0 Å². The fourth-order valence-corrected chi connectivity index (χ4v) is 2.17. The molecule has 0 bridgehead atoms. The molecule has 20 heavy (non-hydrogen) atoms. The quantitative estimate of drug-likeness (QED) is 0.891. The molecule has 0 amide bonds. The molecule has 1 fully saturated rings. The van der Waals surface area contributed by atoms with Crippen molar-refractivity contribution in [2.45, 2.75) is 12.7 Å². The van der Waals surface area contributed by atoms with Crippen molar-refractivity contribution in [3.05, 3.63) is 18.0 Å². The van der Waals surface area contributed by atoms with E-state index in [0.29, 0.717) is 38.7 Å². The van der Waals surface area contributed by atoms with Crippen LogP contribution >= 0.6 is 0 Å². The van der Waals surface area contributed by atoms with Crippen LogP contribution in [0, 0.1) is 0 Å². The van der Waals surface area contributed by atoms with E-state index in [1.807, 2.05) is 11.9 Å². The first-order chi connectivity index (χ1) is 9.48. The number of hydrogen-bond donors (Lipinski definition) is 1. The summed E-state index contributed by atoms with van der Waals surface area (Å²) < 4.78 is 36.9. The molecule has 0 spiro atoms. The van der Waals surface area contributed by atoms with Crippen molar-refractivity contribution in [3.63, 3.8) is 0 Å². The number of hydrogen-bond acceptors (Lipinski definition) is 5. The van der Waals surface area contributed by atoms with Gasteiger partial charge in [0.1, 0.15) is 0 Å². The van der Waals surface area contributed by atoms with Crippen molar-refractivity contribution in [1.29, 1.82) is 0 Å². The molecule has 0 aliphatic carbocycles. The molecule has 1 aromatic rings. The predicted octanol–water partition coefficient (Wildman–Crippen LogP) is 0.880. The lowest BCUT2D eigenvalue weighted by Crippen LogP contribution is -2.49. The van der Waals surface area contributed by atoms with Gasteiger partial charge in [-0.2, -0.15) is 13.2 Å². The van der Waals surface area contributed by atoms with Crippen LogP contribution in [-0.4, -0.2) is 60.8 Å². The Morgan fingerprint density at radius 1 is 1.15 bits per heavy atom. The lowest BCUT2D eigenvalue weighted by Gasteiger charge is -2.34. The zero-order chi connectivity index (χ0) is 14.6. The SMILES string of the molecule is CNCc1cnc(N2CCN(CC(F)(F)F)CC2)nc1. The van der Waals surface area contributed by atoms with Crippen LogP contribution in [0.4, 0.5) is 19.1 Å². The highest BCUT2D eigenvalue weighted by atomic mass is 19.4. The van der Waals surface area contributed by atoms with Crippen LogP contribution in [0.2, 0.25) is 0 Å². The van der Waals surface area contributed by atoms with E-state index < -0.39 is 12.7 Å². The minimum absolute atomic E-state index is 0.376. The smallest absolute Gasteiger partial charge is 0.338 e. The van der Waals surface area contributed by atoms with E-state index >= 15 is 0 Å². The summed E-state index contributed by atoms with van der Waals surface area (Å²) in [7, 11) is 1.84. The Kier molecular flexibility index (Phi) is 4.77. The van der Waals surface area contributed by atoms with Crippen LogP contribution < -0.4 is 10.2 Å². The second kappa shape index (κ2) is 6.36. The van der Waals surface area contributed by atoms with Gasteiger partial charge in [-0.3, -0.25) is 4.90 Å². The van der Waals surface area contributed by atoms with E-state index in [9.17, 15) is 13.2 Å². The highest BCUT2D eigenvalue weighted by Crippen LogP contribution is 2.18. The first-order valence-corrected chi connectivity index (χ1v) is 6.47. The third kappa shape index (κ3) is 4.31. The van der Waals surface area contributed by atoms with Crippen LogP contribution in [0.1, 0.15) is 5.56 Å². The Morgan fingerprint density at radius 3 is 2.25 bits per heavy atom. The summed E-state index contributed by atoms with van der Waals surface area (Å²) in [6, 6.07) is 0. The average Bonchev–Trinajstić information content (AvgIpc) is 2.39. The molecule has 112 valence electrons. The molecule has 2 heterocycles.